The number of benzene rings is 1. The number of hydrogen-bond acceptors (Lipinski definition) is 4. The second-order valence-electron chi connectivity index (χ2n) is 8.10. The fourth-order valence-corrected chi connectivity index (χ4v) is 5.24. The molecule has 5 nitrogen and oxygen atoms in total. The number of piperazine rings is 1. The predicted molar refractivity (Wildman–Crippen MR) is 114 cm³/mol. The molecule has 0 atom stereocenters. The smallest absolute Gasteiger partial charge is 0.132 e. The van der Waals surface area contributed by atoms with Gasteiger partial charge < -0.3 is 9.47 Å². The molecular weight excluding hydrogens is 389 g/mol. The van der Waals surface area contributed by atoms with Crippen LogP contribution in [0.2, 0.25) is 5.02 Å². The van der Waals surface area contributed by atoms with E-state index in [-0.39, 0.29) is 5.82 Å². The van der Waals surface area contributed by atoms with Crippen LogP contribution in [-0.4, -0.2) is 51.9 Å². The van der Waals surface area contributed by atoms with Crippen LogP contribution in [-0.2, 0) is 0 Å². The fourth-order valence-electron chi connectivity index (χ4n) is 5.03. The first-order chi connectivity index (χ1) is 14.2. The Morgan fingerprint density at radius 2 is 1.62 bits per heavy atom. The molecule has 0 spiro atoms. The Hall–Kier alpha value is -2.18. The number of fused-ring (bicyclic) bond motifs is 1. The quantitative estimate of drug-likeness (QED) is 0.632. The van der Waals surface area contributed by atoms with Gasteiger partial charge in [-0.05, 0) is 43.9 Å². The average molecular weight is 414 g/mol. The van der Waals surface area contributed by atoms with Crippen molar-refractivity contribution in [2.75, 3.05) is 31.1 Å². The normalized spacial score (nSPS) is 23.6. The van der Waals surface area contributed by atoms with E-state index in [1.54, 1.807) is 18.5 Å². The second kappa shape index (κ2) is 7.92. The van der Waals surface area contributed by atoms with E-state index in [9.17, 15) is 4.39 Å². The topological polar surface area (TPSA) is 37.2 Å². The van der Waals surface area contributed by atoms with E-state index >= 15 is 0 Å². The minimum Gasteiger partial charge on any atom is -0.366 e. The van der Waals surface area contributed by atoms with Crippen LogP contribution in [0.3, 0.4) is 0 Å². The first kappa shape index (κ1) is 18.8. The minimum atomic E-state index is -0.127. The number of hydrogen-bond donors (Lipinski definition) is 0. The molecule has 0 unspecified atom stereocenters. The summed E-state index contributed by atoms with van der Waals surface area (Å²) in [5.41, 5.74) is 2.00. The van der Waals surface area contributed by atoms with Gasteiger partial charge in [0.25, 0.3) is 0 Å². The standard InChI is InChI=1S/C22H25ClFN5/c23-19-14-25-26-15-22(19)28-12-10-27(11-13-28)16-4-6-17(7-5-16)29-9-8-18-20(24)2-1-3-21(18)29/h1-3,8-9,14-17H,4-7,10-13H2/t16-,17+. The van der Waals surface area contributed by atoms with Gasteiger partial charge in [-0.15, -0.1) is 0 Å². The van der Waals surface area contributed by atoms with Gasteiger partial charge in [-0.2, -0.15) is 10.2 Å². The maximum atomic E-state index is 14.0. The van der Waals surface area contributed by atoms with Crippen molar-refractivity contribution < 1.29 is 4.39 Å². The van der Waals surface area contributed by atoms with Gasteiger partial charge in [0.1, 0.15) is 5.82 Å². The zero-order chi connectivity index (χ0) is 19.8. The zero-order valence-electron chi connectivity index (χ0n) is 16.3. The number of halogens is 2. The third kappa shape index (κ3) is 3.60. The Balaban J connectivity index is 1.19. The summed E-state index contributed by atoms with van der Waals surface area (Å²) in [6.07, 6.45) is 10.1. The van der Waals surface area contributed by atoms with Gasteiger partial charge in [-0.3, -0.25) is 4.90 Å². The van der Waals surface area contributed by atoms with E-state index in [0.717, 1.165) is 55.6 Å². The number of nitrogens with zero attached hydrogens (tertiary/aromatic N) is 5. The Labute approximate surface area is 175 Å². The highest BCUT2D eigenvalue weighted by Gasteiger charge is 2.29. The summed E-state index contributed by atoms with van der Waals surface area (Å²) < 4.78 is 16.3. The molecule has 3 heterocycles. The van der Waals surface area contributed by atoms with Gasteiger partial charge in [0.2, 0.25) is 0 Å². The number of rotatable bonds is 3. The van der Waals surface area contributed by atoms with Crippen LogP contribution >= 0.6 is 11.6 Å². The Morgan fingerprint density at radius 3 is 2.38 bits per heavy atom. The molecule has 2 fully saturated rings. The van der Waals surface area contributed by atoms with Crippen molar-refractivity contribution in [3.63, 3.8) is 0 Å². The molecule has 152 valence electrons. The highest BCUT2D eigenvalue weighted by Crippen LogP contribution is 2.35. The molecule has 2 aromatic heterocycles. The first-order valence-corrected chi connectivity index (χ1v) is 10.8. The molecule has 0 N–H and O–H groups in total. The Morgan fingerprint density at radius 1 is 0.897 bits per heavy atom. The lowest BCUT2D eigenvalue weighted by molar-refractivity contribution is 0.131. The summed E-state index contributed by atoms with van der Waals surface area (Å²) in [7, 11) is 0. The van der Waals surface area contributed by atoms with E-state index in [1.807, 2.05) is 18.2 Å². The third-order valence-electron chi connectivity index (χ3n) is 6.60. The van der Waals surface area contributed by atoms with Crippen molar-refractivity contribution in [3.8, 4) is 0 Å². The SMILES string of the molecule is Fc1cccc2c1ccn2[C@H]1CC[C@@H](N2CCN(c3cnncc3Cl)CC2)CC1. The van der Waals surface area contributed by atoms with Crippen LogP contribution in [0.5, 0.6) is 0 Å². The lowest BCUT2D eigenvalue weighted by Gasteiger charge is -2.43. The predicted octanol–water partition coefficient (Wildman–Crippen LogP) is 4.53. The molecule has 29 heavy (non-hydrogen) atoms. The fraction of sp³-hybridized carbons (Fsp3) is 0.455. The molecule has 0 bridgehead atoms. The molecule has 0 amide bonds. The largest absolute Gasteiger partial charge is 0.366 e. The van der Waals surface area contributed by atoms with Crippen molar-refractivity contribution in [1.82, 2.24) is 19.7 Å². The van der Waals surface area contributed by atoms with Gasteiger partial charge in [0.05, 0.1) is 28.6 Å². The minimum absolute atomic E-state index is 0.127. The second-order valence-corrected chi connectivity index (χ2v) is 8.51. The Kier molecular flexibility index (Phi) is 5.14. The highest BCUT2D eigenvalue weighted by atomic mass is 35.5. The van der Waals surface area contributed by atoms with Crippen molar-refractivity contribution in [1.29, 1.82) is 0 Å². The molecule has 1 aliphatic heterocycles. The van der Waals surface area contributed by atoms with Gasteiger partial charge in [0, 0.05) is 49.8 Å². The zero-order valence-corrected chi connectivity index (χ0v) is 17.1. The van der Waals surface area contributed by atoms with E-state index in [2.05, 4.69) is 30.8 Å². The van der Waals surface area contributed by atoms with Gasteiger partial charge in [-0.25, -0.2) is 4.39 Å². The van der Waals surface area contributed by atoms with Crippen molar-refractivity contribution in [2.24, 2.45) is 0 Å². The van der Waals surface area contributed by atoms with Crippen LogP contribution in [0.1, 0.15) is 31.7 Å². The van der Waals surface area contributed by atoms with Crippen LogP contribution in [0, 0.1) is 5.82 Å². The molecule has 2 aliphatic rings. The monoisotopic (exact) mass is 413 g/mol. The summed E-state index contributed by atoms with van der Waals surface area (Å²) in [5.74, 6) is -0.127. The van der Waals surface area contributed by atoms with Crippen molar-refractivity contribution in [3.05, 3.63) is 53.7 Å². The van der Waals surface area contributed by atoms with Gasteiger partial charge >= 0.3 is 0 Å². The van der Waals surface area contributed by atoms with E-state index < -0.39 is 0 Å². The molecule has 7 heteroatoms. The van der Waals surface area contributed by atoms with Gasteiger partial charge in [0.15, 0.2) is 0 Å². The molecule has 1 aliphatic carbocycles. The summed E-state index contributed by atoms with van der Waals surface area (Å²) in [6.45, 7) is 4.02. The van der Waals surface area contributed by atoms with Crippen LogP contribution in [0.4, 0.5) is 10.1 Å². The van der Waals surface area contributed by atoms with Gasteiger partial charge in [-0.1, -0.05) is 17.7 Å². The summed E-state index contributed by atoms with van der Waals surface area (Å²) in [5, 5.41) is 9.21. The number of anilines is 1. The molecule has 1 saturated heterocycles. The Bertz CT molecular complexity index is 990. The molecule has 3 aromatic rings. The van der Waals surface area contributed by atoms with Crippen LogP contribution in [0.15, 0.2) is 42.9 Å². The molecular formula is C22H25ClFN5. The molecule has 0 radical (unpaired) electrons. The van der Waals surface area contributed by atoms with E-state index in [4.69, 9.17) is 11.6 Å². The lowest BCUT2D eigenvalue weighted by Crippen LogP contribution is -2.51. The maximum absolute atomic E-state index is 14.0. The van der Waals surface area contributed by atoms with Crippen molar-refractivity contribution >= 4 is 28.2 Å². The van der Waals surface area contributed by atoms with E-state index in [0.29, 0.717) is 17.1 Å². The highest BCUT2D eigenvalue weighted by molar-refractivity contribution is 6.33. The third-order valence-corrected chi connectivity index (χ3v) is 6.89. The summed E-state index contributed by atoms with van der Waals surface area (Å²) >= 11 is 6.28. The molecule has 5 rings (SSSR count). The van der Waals surface area contributed by atoms with Crippen molar-refractivity contribution in [2.45, 2.75) is 37.8 Å². The maximum Gasteiger partial charge on any atom is 0.132 e. The molecule has 1 saturated carbocycles. The lowest BCUT2D eigenvalue weighted by atomic mass is 9.89. The number of aromatic nitrogens is 3. The average Bonchev–Trinajstić information content (AvgIpc) is 3.20. The van der Waals surface area contributed by atoms with Crippen LogP contribution in [0.25, 0.3) is 10.9 Å². The van der Waals surface area contributed by atoms with Crippen LogP contribution < -0.4 is 4.90 Å². The molecule has 1 aromatic carbocycles. The first-order valence-electron chi connectivity index (χ1n) is 10.4. The summed E-state index contributed by atoms with van der Waals surface area (Å²) in [4.78, 5) is 4.93. The van der Waals surface area contributed by atoms with E-state index in [1.165, 1.54) is 12.8 Å². The summed E-state index contributed by atoms with van der Waals surface area (Å²) in [6, 6.07) is 8.40.